The molecule has 1 fully saturated rings. The Labute approximate surface area is 193 Å². The van der Waals surface area contributed by atoms with Gasteiger partial charge in [-0.1, -0.05) is 48.5 Å². The fourth-order valence-electron chi connectivity index (χ4n) is 4.72. The molecule has 1 aliphatic carbocycles. The highest BCUT2D eigenvalue weighted by Gasteiger charge is 2.53. The van der Waals surface area contributed by atoms with Gasteiger partial charge in [0.05, 0.1) is 11.8 Å². The van der Waals surface area contributed by atoms with Crippen molar-refractivity contribution in [3.63, 3.8) is 0 Å². The summed E-state index contributed by atoms with van der Waals surface area (Å²) >= 11 is 0. The molecule has 0 aromatic heterocycles. The van der Waals surface area contributed by atoms with Gasteiger partial charge in [0.25, 0.3) is 0 Å². The number of ether oxygens (including phenoxy) is 1. The normalized spacial score (nSPS) is 20.4. The molecule has 0 spiro atoms. The van der Waals surface area contributed by atoms with E-state index in [4.69, 9.17) is 9.84 Å². The maximum Gasteiger partial charge on any atom is 0.407 e. The molecule has 1 heterocycles. The second-order valence-corrected chi connectivity index (χ2v) is 8.53. The summed E-state index contributed by atoms with van der Waals surface area (Å²) < 4.78 is 44.9. The monoisotopic (exact) mass is 476 g/mol. The number of rotatable bonds is 5. The van der Waals surface area contributed by atoms with E-state index in [0.717, 1.165) is 27.2 Å². The van der Waals surface area contributed by atoms with E-state index in [-0.39, 0.29) is 12.5 Å². The van der Waals surface area contributed by atoms with Gasteiger partial charge in [-0.2, -0.15) is 13.2 Å². The summed E-state index contributed by atoms with van der Waals surface area (Å²) in [7, 11) is 0. The quantitative estimate of drug-likeness (QED) is 0.687. The van der Waals surface area contributed by atoms with Crippen molar-refractivity contribution in [2.24, 2.45) is 11.8 Å². The molecule has 1 aliphatic heterocycles. The Hall–Kier alpha value is -3.56. The lowest BCUT2D eigenvalue weighted by molar-refractivity contribution is -0.188. The van der Waals surface area contributed by atoms with Gasteiger partial charge in [-0.25, -0.2) is 4.79 Å². The number of amides is 2. The first-order valence-electron chi connectivity index (χ1n) is 10.8. The van der Waals surface area contributed by atoms with Crippen LogP contribution in [0.15, 0.2) is 48.5 Å². The van der Waals surface area contributed by atoms with Gasteiger partial charge >= 0.3 is 18.2 Å². The van der Waals surface area contributed by atoms with Gasteiger partial charge in [-0.05, 0) is 29.2 Å². The van der Waals surface area contributed by atoms with Crippen molar-refractivity contribution in [1.82, 2.24) is 10.2 Å². The Morgan fingerprint density at radius 2 is 1.62 bits per heavy atom. The maximum absolute atomic E-state index is 13.2. The SMILES string of the molecule is C[C@@H](NC(=O)OCC1c2ccccc2-c2ccccc21)C(=O)N1CC(C(=O)O)C(C(F)(F)F)C1. The molecule has 2 aromatic rings. The molecule has 1 saturated heterocycles. The molecule has 2 aliphatic rings. The van der Waals surface area contributed by atoms with Gasteiger partial charge in [0, 0.05) is 19.0 Å². The number of alkyl halides is 3. The zero-order valence-electron chi connectivity index (χ0n) is 18.2. The Morgan fingerprint density at radius 1 is 1.06 bits per heavy atom. The van der Waals surface area contributed by atoms with E-state index in [0.29, 0.717) is 0 Å². The predicted molar refractivity (Wildman–Crippen MR) is 115 cm³/mol. The number of alkyl carbamates (subject to hydrolysis) is 1. The first-order chi connectivity index (χ1) is 16.1. The highest BCUT2D eigenvalue weighted by molar-refractivity contribution is 5.86. The first-order valence-corrected chi connectivity index (χ1v) is 10.8. The molecule has 10 heteroatoms. The third-order valence-corrected chi connectivity index (χ3v) is 6.42. The second kappa shape index (κ2) is 9.00. The van der Waals surface area contributed by atoms with Crippen LogP contribution in [0.2, 0.25) is 0 Å². The fourth-order valence-corrected chi connectivity index (χ4v) is 4.72. The van der Waals surface area contributed by atoms with Gasteiger partial charge in [0.15, 0.2) is 0 Å². The summed E-state index contributed by atoms with van der Waals surface area (Å²) in [6.07, 6.45) is -5.63. The number of aliphatic carboxylic acids is 1. The lowest BCUT2D eigenvalue weighted by Gasteiger charge is -2.22. The maximum atomic E-state index is 13.2. The Kier molecular flexibility index (Phi) is 6.24. The van der Waals surface area contributed by atoms with Crippen LogP contribution >= 0.6 is 0 Å². The van der Waals surface area contributed by atoms with Crippen LogP contribution in [-0.2, 0) is 14.3 Å². The predicted octanol–water partition coefficient (Wildman–Crippen LogP) is 3.64. The van der Waals surface area contributed by atoms with Crippen molar-refractivity contribution < 1.29 is 37.4 Å². The van der Waals surface area contributed by atoms with Crippen LogP contribution in [0.4, 0.5) is 18.0 Å². The molecule has 34 heavy (non-hydrogen) atoms. The Bertz CT molecular complexity index is 1070. The highest BCUT2D eigenvalue weighted by atomic mass is 19.4. The zero-order valence-corrected chi connectivity index (χ0v) is 18.2. The first kappa shape index (κ1) is 23.6. The minimum Gasteiger partial charge on any atom is -0.481 e. The van der Waals surface area contributed by atoms with Gasteiger partial charge in [-0.15, -0.1) is 0 Å². The molecular formula is C24H23F3N2O5. The molecule has 0 bridgehead atoms. The second-order valence-electron chi connectivity index (χ2n) is 8.53. The van der Waals surface area contributed by atoms with Crippen LogP contribution in [0.3, 0.4) is 0 Å². The van der Waals surface area contributed by atoms with Crippen molar-refractivity contribution in [3.05, 3.63) is 59.7 Å². The van der Waals surface area contributed by atoms with Gasteiger partial charge in [0.1, 0.15) is 12.6 Å². The summed E-state index contributed by atoms with van der Waals surface area (Å²) in [6.45, 7) is -0.00671. The van der Waals surface area contributed by atoms with Crippen molar-refractivity contribution in [3.8, 4) is 11.1 Å². The largest absolute Gasteiger partial charge is 0.481 e. The minimum absolute atomic E-state index is 0.0156. The number of hydrogen-bond acceptors (Lipinski definition) is 4. The minimum atomic E-state index is -4.75. The Morgan fingerprint density at radius 3 is 2.12 bits per heavy atom. The Balaban J connectivity index is 1.37. The molecule has 7 nitrogen and oxygen atoms in total. The number of benzene rings is 2. The number of carboxylic acids is 1. The standard InChI is InChI=1S/C24H23F3N2O5/c1-13(21(30)29-10-18(22(31)32)20(11-29)24(25,26)27)28-23(33)34-12-19-16-8-4-2-6-14(16)15-7-3-5-9-17(15)19/h2-9,13,18-20H,10-12H2,1H3,(H,28,33)(H,31,32)/t13-,18?,20?/m1/s1. The van der Waals surface area contributed by atoms with E-state index in [1.165, 1.54) is 6.92 Å². The molecule has 2 amide bonds. The number of halogens is 3. The van der Waals surface area contributed by atoms with Gasteiger partial charge in [-0.3, -0.25) is 9.59 Å². The molecule has 2 aromatic carbocycles. The number of carbonyl (C=O) groups is 3. The molecule has 180 valence electrons. The van der Waals surface area contributed by atoms with E-state index in [1.807, 2.05) is 48.5 Å². The lowest BCUT2D eigenvalue weighted by atomic mass is 9.96. The molecule has 0 saturated carbocycles. The van der Waals surface area contributed by atoms with E-state index in [9.17, 15) is 27.6 Å². The number of hydrogen-bond donors (Lipinski definition) is 2. The van der Waals surface area contributed by atoms with Crippen molar-refractivity contribution >= 4 is 18.0 Å². The third kappa shape index (κ3) is 4.44. The average Bonchev–Trinajstić information content (AvgIpc) is 3.38. The van der Waals surface area contributed by atoms with E-state index in [1.54, 1.807) is 0 Å². The fraction of sp³-hybridized carbons (Fsp3) is 0.375. The van der Waals surface area contributed by atoms with E-state index < -0.39 is 55.1 Å². The number of nitrogens with zero attached hydrogens (tertiary/aromatic N) is 1. The zero-order chi connectivity index (χ0) is 24.6. The van der Waals surface area contributed by atoms with Crippen molar-refractivity contribution in [2.75, 3.05) is 19.7 Å². The van der Waals surface area contributed by atoms with Crippen LogP contribution in [0.1, 0.15) is 24.0 Å². The molecule has 4 rings (SSSR count). The topological polar surface area (TPSA) is 95.9 Å². The molecule has 0 radical (unpaired) electrons. The van der Waals surface area contributed by atoms with Crippen LogP contribution < -0.4 is 5.32 Å². The van der Waals surface area contributed by atoms with Crippen LogP contribution in [-0.4, -0.2) is 59.9 Å². The molecular weight excluding hydrogens is 453 g/mol. The van der Waals surface area contributed by atoms with E-state index >= 15 is 0 Å². The number of carboxylic acid groups (broad SMARTS) is 1. The number of carbonyl (C=O) groups excluding carboxylic acids is 2. The molecule has 2 unspecified atom stereocenters. The summed E-state index contributed by atoms with van der Waals surface area (Å²) in [6, 6.07) is 14.4. The molecule has 3 atom stereocenters. The third-order valence-electron chi connectivity index (χ3n) is 6.42. The smallest absolute Gasteiger partial charge is 0.407 e. The molecule has 2 N–H and O–H groups in total. The van der Waals surface area contributed by atoms with Gasteiger partial charge in [0.2, 0.25) is 5.91 Å². The number of fused-ring (bicyclic) bond motifs is 3. The number of nitrogens with one attached hydrogen (secondary N) is 1. The van der Waals surface area contributed by atoms with Crippen molar-refractivity contribution in [1.29, 1.82) is 0 Å². The van der Waals surface area contributed by atoms with E-state index in [2.05, 4.69) is 5.32 Å². The summed E-state index contributed by atoms with van der Waals surface area (Å²) in [5.74, 6) is -6.51. The van der Waals surface area contributed by atoms with Gasteiger partial charge < -0.3 is 20.1 Å². The van der Waals surface area contributed by atoms with Crippen molar-refractivity contribution in [2.45, 2.75) is 25.1 Å². The summed E-state index contributed by atoms with van der Waals surface area (Å²) in [4.78, 5) is 37.0. The summed E-state index contributed by atoms with van der Waals surface area (Å²) in [5.41, 5.74) is 4.12. The average molecular weight is 476 g/mol. The lowest BCUT2D eigenvalue weighted by Crippen LogP contribution is -2.47. The van der Waals surface area contributed by atoms with Crippen LogP contribution in [0.5, 0.6) is 0 Å². The summed E-state index contributed by atoms with van der Waals surface area (Å²) in [5, 5.41) is 11.5. The number of likely N-dealkylation sites (tertiary alicyclic amines) is 1. The van der Waals surface area contributed by atoms with Crippen LogP contribution in [0, 0.1) is 11.8 Å². The highest BCUT2D eigenvalue weighted by Crippen LogP contribution is 2.44. The van der Waals surface area contributed by atoms with Crippen LogP contribution in [0.25, 0.3) is 11.1 Å².